The number of ether oxygens (including phenoxy) is 1. The largest absolute Gasteiger partial charge is 0.487 e. The number of pyridine rings is 1. The molecule has 2 aromatic rings. The van der Waals surface area contributed by atoms with Crippen molar-refractivity contribution in [2.24, 2.45) is 0 Å². The average molecular weight is 246 g/mol. The molecule has 0 aliphatic rings. The van der Waals surface area contributed by atoms with E-state index < -0.39 is 5.82 Å². The molecule has 1 N–H and O–H groups in total. The van der Waals surface area contributed by atoms with Crippen LogP contribution in [0.15, 0.2) is 42.7 Å². The van der Waals surface area contributed by atoms with Gasteiger partial charge in [0.05, 0.1) is 5.69 Å². The summed E-state index contributed by atoms with van der Waals surface area (Å²) in [4.78, 5) is 14.3. The monoisotopic (exact) mass is 246 g/mol. The molecule has 1 aromatic heterocycles. The number of rotatable bonds is 5. The van der Waals surface area contributed by atoms with Crippen LogP contribution >= 0.6 is 0 Å². The topological polar surface area (TPSA) is 51.2 Å². The van der Waals surface area contributed by atoms with E-state index in [0.29, 0.717) is 24.5 Å². The summed E-state index contributed by atoms with van der Waals surface area (Å²) in [7, 11) is 0. The van der Waals surface area contributed by atoms with Crippen LogP contribution in [0.2, 0.25) is 0 Å². The van der Waals surface area contributed by atoms with Gasteiger partial charge >= 0.3 is 0 Å². The zero-order valence-electron chi connectivity index (χ0n) is 9.47. The molecule has 0 spiro atoms. The van der Waals surface area contributed by atoms with E-state index in [1.807, 2.05) is 12.1 Å². The van der Waals surface area contributed by atoms with E-state index >= 15 is 0 Å². The molecule has 0 bridgehead atoms. The molecule has 0 atom stereocenters. The van der Waals surface area contributed by atoms with Gasteiger partial charge in [-0.2, -0.15) is 0 Å². The normalized spacial score (nSPS) is 9.83. The summed E-state index contributed by atoms with van der Waals surface area (Å²) < 4.78 is 18.5. The maximum atomic E-state index is 13.0. The molecule has 18 heavy (non-hydrogen) atoms. The molecule has 1 heterocycles. The maximum absolute atomic E-state index is 13.0. The fourth-order valence-electron chi connectivity index (χ4n) is 1.44. The molecule has 0 aliphatic carbocycles. The lowest BCUT2D eigenvalue weighted by Gasteiger charge is -2.10. The van der Waals surface area contributed by atoms with Crippen LogP contribution in [-0.2, 0) is 11.4 Å². The SMILES string of the molecule is O=CNc1cc(F)ccc1OCc1ccncc1. The average Bonchev–Trinajstić information content (AvgIpc) is 2.39. The standard InChI is InChI=1S/C13H11FN2O2/c14-11-1-2-13(12(7-11)16-9-17)18-8-10-3-5-15-6-4-10/h1-7,9H,8H2,(H,16,17). The first-order valence-corrected chi connectivity index (χ1v) is 5.31. The lowest BCUT2D eigenvalue weighted by molar-refractivity contribution is -0.105. The van der Waals surface area contributed by atoms with Crippen LogP contribution in [0.25, 0.3) is 0 Å². The second kappa shape index (κ2) is 5.77. The lowest BCUT2D eigenvalue weighted by atomic mass is 10.2. The van der Waals surface area contributed by atoms with Crippen LogP contribution in [0.3, 0.4) is 0 Å². The molecule has 0 saturated heterocycles. The summed E-state index contributed by atoms with van der Waals surface area (Å²) in [5, 5.41) is 2.40. The first-order valence-electron chi connectivity index (χ1n) is 5.31. The van der Waals surface area contributed by atoms with Crippen molar-refractivity contribution >= 4 is 12.1 Å². The van der Waals surface area contributed by atoms with Crippen molar-refractivity contribution in [1.29, 1.82) is 0 Å². The van der Waals surface area contributed by atoms with Crippen LogP contribution in [0.1, 0.15) is 5.56 Å². The quantitative estimate of drug-likeness (QED) is 0.824. The Hall–Kier alpha value is -2.43. The Bertz CT molecular complexity index is 532. The van der Waals surface area contributed by atoms with E-state index in [1.165, 1.54) is 18.2 Å². The zero-order valence-corrected chi connectivity index (χ0v) is 9.47. The van der Waals surface area contributed by atoms with E-state index in [4.69, 9.17) is 4.74 Å². The van der Waals surface area contributed by atoms with Gasteiger partial charge in [0.1, 0.15) is 18.2 Å². The number of carbonyl (C=O) groups excluding carboxylic acids is 1. The number of carbonyl (C=O) groups is 1. The third-order valence-corrected chi connectivity index (χ3v) is 2.30. The molecule has 0 radical (unpaired) electrons. The number of hydrogen-bond donors (Lipinski definition) is 1. The fraction of sp³-hybridized carbons (Fsp3) is 0.0769. The van der Waals surface area contributed by atoms with Gasteiger partial charge in [-0.25, -0.2) is 4.39 Å². The number of amides is 1. The predicted molar refractivity (Wildman–Crippen MR) is 64.7 cm³/mol. The number of hydrogen-bond acceptors (Lipinski definition) is 3. The summed E-state index contributed by atoms with van der Waals surface area (Å²) in [5.41, 5.74) is 1.24. The number of halogens is 1. The molecule has 0 aliphatic heterocycles. The van der Waals surface area contributed by atoms with Crippen molar-refractivity contribution in [2.75, 3.05) is 5.32 Å². The zero-order chi connectivity index (χ0) is 12.8. The Kier molecular flexibility index (Phi) is 3.86. The van der Waals surface area contributed by atoms with Gasteiger partial charge in [0.25, 0.3) is 0 Å². The molecule has 5 heteroatoms. The van der Waals surface area contributed by atoms with Gasteiger partial charge in [0, 0.05) is 18.5 Å². The van der Waals surface area contributed by atoms with Crippen LogP contribution in [0.4, 0.5) is 10.1 Å². The minimum atomic E-state index is -0.435. The van der Waals surface area contributed by atoms with E-state index in [2.05, 4.69) is 10.3 Å². The number of benzene rings is 1. The molecule has 2 rings (SSSR count). The van der Waals surface area contributed by atoms with Gasteiger partial charge in [-0.15, -0.1) is 0 Å². The molecule has 92 valence electrons. The Balaban J connectivity index is 2.11. The molecular weight excluding hydrogens is 235 g/mol. The third-order valence-electron chi connectivity index (χ3n) is 2.30. The molecule has 1 amide bonds. The maximum Gasteiger partial charge on any atom is 0.211 e. The van der Waals surface area contributed by atoms with Gasteiger partial charge in [0.2, 0.25) is 6.41 Å². The summed E-state index contributed by atoms with van der Waals surface area (Å²) in [6.07, 6.45) is 3.80. The molecule has 0 saturated carbocycles. The minimum absolute atomic E-state index is 0.305. The molecular formula is C13H11FN2O2. The Morgan fingerprint density at radius 2 is 2.06 bits per heavy atom. The summed E-state index contributed by atoms with van der Waals surface area (Å²) in [6, 6.07) is 7.59. The van der Waals surface area contributed by atoms with Gasteiger partial charge in [-0.05, 0) is 29.8 Å². The molecule has 0 fully saturated rings. The number of aromatic nitrogens is 1. The first kappa shape index (κ1) is 12.0. The predicted octanol–water partition coefficient (Wildman–Crippen LogP) is 2.37. The van der Waals surface area contributed by atoms with E-state index in [-0.39, 0.29) is 0 Å². The van der Waals surface area contributed by atoms with E-state index in [1.54, 1.807) is 12.4 Å². The van der Waals surface area contributed by atoms with Crippen LogP contribution in [0.5, 0.6) is 5.75 Å². The Labute approximate surface area is 103 Å². The summed E-state index contributed by atoms with van der Waals surface area (Å²) >= 11 is 0. The second-order valence-corrected chi connectivity index (χ2v) is 3.55. The highest BCUT2D eigenvalue weighted by Crippen LogP contribution is 2.25. The minimum Gasteiger partial charge on any atom is -0.487 e. The van der Waals surface area contributed by atoms with Crippen molar-refractivity contribution in [1.82, 2.24) is 4.98 Å². The van der Waals surface area contributed by atoms with Crippen molar-refractivity contribution in [3.8, 4) is 5.75 Å². The number of nitrogens with zero attached hydrogens (tertiary/aromatic N) is 1. The second-order valence-electron chi connectivity index (χ2n) is 3.55. The van der Waals surface area contributed by atoms with Crippen molar-refractivity contribution in [3.05, 3.63) is 54.1 Å². The summed E-state index contributed by atoms with van der Waals surface area (Å²) in [6.45, 7) is 0.321. The number of anilines is 1. The lowest BCUT2D eigenvalue weighted by Crippen LogP contribution is -2.01. The summed E-state index contributed by atoms with van der Waals surface area (Å²) in [5.74, 6) is -0.0177. The third kappa shape index (κ3) is 3.04. The van der Waals surface area contributed by atoms with Gasteiger partial charge in [0.15, 0.2) is 0 Å². The van der Waals surface area contributed by atoms with Gasteiger partial charge in [-0.1, -0.05) is 0 Å². The van der Waals surface area contributed by atoms with Crippen LogP contribution < -0.4 is 10.1 Å². The first-order chi connectivity index (χ1) is 8.79. The van der Waals surface area contributed by atoms with E-state index in [0.717, 1.165) is 5.56 Å². The highest BCUT2D eigenvalue weighted by Gasteiger charge is 2.05. The van der Waals surface area contributed by atoms with Crippen LogP contribution in [0, 0.1) is 5.82 Å². The van der Waals surface area contributed by atoms with E-state index in [9.17, 15) is 9.18 Å². The van der Waals surface area contributed by atoms with Crippen molar-refractivity contribution in [3.63, 3.8) is 0 Å². The number of nitrogens with one attached hydrogen (secondary N) is 1. The fourth-order valence-corrected chi connectivity index (χ4v) is 1.44. The van der Waals surface area contributed by atoms with Crippen molar-refractivity contribution < 1.29 is 13.9 Å². The molecule has 0 unspecified atom stereocenters. The Morgan fingerprint density at radius 3 is 2.78 bits per heavy atom. The van der Waals surface area contributed by atoms with Gasteiger partial charge in [-0.3, -0.25) is 9.78 Å². The molecule has 4 nitrogen and oxygen atoms in total. The van der Waals surface area contributed by atoms with Gasteiger partial charge < -0.3 is 10.1 Å². The van der Waals surface area contributed by atoms with Crippen molar-refractivity contribution in [2.45, 2.75) is 6.61 Å². The Morgan fingerprint density at radius 1 is 1.28 bits per heavy atom. The highest BCUT2D eigenvalue weighted by atomic mass is 19.1. The molecule has 1 aromatic carbocycles. The highest BCUT2D eigenvalue weighted by molar-refractivity contribution is 5.75. The smallest absolute Gasteiger partial charge is 0.211 e. The van der Waals surface area contributed by atoms with Crippen LogP contribution in [-0.4, -0.2) is 11.4 Å².